The Morgan fingerprint density at radius 2 is 2.35 bits per heavy atom. The summed E-state index contributed by atoms with van der Waals surface area (Å²) >= 11 is 0. The number of urea groups is 1. The summed E-state index contributed by atoms with van der Waals surface area (Å²) in [5.74, 6) is 0.854. The molecule has 2 amide bonds. The Bertz CT molecular complexity index is 418. The molecule has 2 N–H and O–H groups in total. The fourth-order valence-corrected chi connectivity index (χ4v) is 1.87. The molecule has 2 rings (SSSR count). The van der Waals surface area contributed by atoms with Gasteiger partial charge in [-0.1, -0.05) is 24.3 Å². The molecule has 0 saturated heterocycles. The summed E-state index contributed by atoms with van der Waals surface area (Å²) < 4.78 is 5.53. The zero-order valence-corrected chi connectivity index (χ0v) is 9.61. The fraction of sp³-hybridized carbons (Fsp3) is 0.308. The van der Waals surface area contributed by atoms with Crippen LogP contribution in [-0.2, 0) is 0 Å². The van der Waals surface area contributed by atoms with Gasteiger partial charge < -0.3 is 15.4 Å². The minimum absolute atomic E-state index is 0.0183. The minimum atomic E-state index is -0.174. The molecule has 0 spiro atoms. The van der Waals surface area contributed by atoms with Crippen LogP contribution < -0.4 is 15.4 Å². The van der Waals surface area contributed by atoms with E-state index in [1.165, 1.54) is 0 Å². The van der Waals surface area contributed by atoms with E-state index in [4.69, 9.17) is 4.74 Å². The van der Waals surface area contributed by atoms with Crippen LogP contribution in [0.2, 0.25) is 0 Å². The Kier molecular flexibility index (Phi) is 3.65. The largest absolute Gasteiger partial charge is 0.493 e. The average Bonchev–Trinajstić information content (AvgIpc) is 2.37. The lowest BCUT2D eigenvalue weighted by atomic mass is 10.0. The van der Waals surface area contributed by atoms with Gasteiger partial charge in [0.1, 0.15) is 5.75 Å². The first-order chi connectivity index (χ1) is 8.31. The summed E-state index contributed by atoms with van der Waals surface area (Å²) in [7, 11) is 0. The molecule has 1 unspecified atom stereocenters. The molecule has 1 heterocycles. The van der Waals surface area contributed by atoms with E-state index >= 15 is 0 Å². The molecule has 0 radical (unpaired) electrons. The third kappa shape index (κ3) is 2.78. The molecule has 0 aliphatic carbocycles. The highest BCUT2D eigenvalue weighted by Crippen LogP contribution is 2.31. The molecule has 90 valence electrons. The van der Waals surface area contributed by atoms with Crippen molar-refractivity contribution in [2.75, 3.05) is 13.2 Å². The van der Waals surface area contributed by atoms with Gasteiger partial charge in [-0.15, -0.1) is 6.58 Å². The second-order valence-corrected chi connectivity index (χ2v) is 3.87. The van der Waals surface area contributed by atoms with Gasteiger partial charge in [0.05, 0.1) is 12.6 Å². The van der Waals surface area contributed by atoms with Crippen molar-refractivity contribution in [2.45, 2.75) is 12.5 Å². The quantitative estimate of drug-likeness (QED) is 0.783. The summed E-state index contributed by atoms with van der Waals surface area (Å²) in [6.45, 7) is 4.65. The Hall–Kier alpha value is -1.97. The standard InChI is InChI=1S/C13H16N2O2/c1-2-8-14-13(16)15-11-7-9-17-12-6-4-3-5-10(11)12/h2-6,11H,1,7-9H2,(H2,14,15,16). The van der Waals surface area contributed by atoms with Crippen LogP contribution in [0.5, 0.6) is 5.75 Å². The number of carbonyl (C=O) groups excluding carboxylic acids is 1. The number of carbonyl (C=O) groups is 1. The molecule has 0 aromatic heterocycles. The molecule has 1 atom stereocenters. The molecule has 1 aliphatic rings. The van der Waals surface area contributed by atoms with Gasteiger partial charge in [0.15, 0.2) is 0 Å². The number of ether oxygens (including phenoxy) is 1. The van der Waals surface area contributed by atoms with Gasteiger partial charge in [-0.25, -0.2) is 4.79 Å². The molecular weight excluding hydrogens is 216 g/mol. The average molecular weight is 232 g/mol. The first-order valence-electron chi connectivity index (χ1n) is 5.68. The predicted molar refractivity (Wildman–Crippen MR) is 66.0 cm³/mol. The Morgan fingerprint density at radius 3 is 3.18 bits per heavy atom. The molecular formula is C13H16N2O2. The lowest BCUT2D eigenvalue weighted by molar-refractivity contribution is 0.224. The molecule has 0 saturated carbocycles. The minimum Gasteiger partial charge on any atom is -0.493 e. The second-order valence-electron chi connectivity index (χ2n) is 3.87. The van der Waals surface area contributed by atoms with Crippen molar-refractivity contribution in [3.63, 3.8) is 0 Å². The van der Waals surface area contributed by atoms with Crippen LogP contribution in [0.1, 0.15) is 18.0 Å². The van der Waals surface area contributed by atoms with Gasteiger partial charge in [-0.3, -0.25) is 0 Å². The van der Waals surface area contributed by atoms with Crippen molar-refractivity contribution in [1.29, 1.82) is 0 Å². The van der Waals surface area contributed by atoms with Crippen molar-refractivity contribution >= 4 is 6.03 Å². The zero-order chi connectivity index (χ0) is 12.1. The second kappa shape index (κ2) is 5.39. The highest BCUT2D eigenvalue weighted by atomic mass is 16.5. The third-order valence-electron chi connectivity index (χ3n) is 2.67. The van der Waals surface area contributed by atoms with Gasteiger partial charge in [0.2, 0.25) is 0 Å². The number of hydrogen-bond donors (Lipinski definition) is 2. The molecule has 0 fully saturated rings. The van der Waals surface area contributed by atoms with Crippen LogP contribution in [0, 0.1) is 0 Å². The van der Waals surface area contributed by atoms with Gasteiger partial charge >= 0.3 is 6.03 Å². The number of fused-ring (bicyclic) bond motifs is 1. The smallest absolute Gasteiger partial charge is 0.315 e. The van der Waals surface area contributed by atoms with Crippen LogP contribution in [0.25, 0.3) is 0 Å². The molecule has 17 heavy (non-hydrogen) atoms. The van der Waals surface area contributed by atoms with Crippen LogP contribution in [0.15, 0.2) is 36.9 Å². The van der Waals surface area contributed by atoms with Crippen LogP contribution >= 0.6 is 0 Å². The SMILES string of the molecule is C=CCNC(=O)NC1CCOc2ccccc21. The number of benzene rings is 1. The lowest BCUT2D eigenvalue weighted by Crippen LogP contribution is -2.39. The maximum absolute atomic E-state index is 11.6. The van der Waals surface area contributed by atoms with Crippen molar-refractivity contribution in [2.24, 2.45) is 0 Å². The topological polar surface area (TPSA) is 50.4 Å². The van der Waals surface area contributed by atoms with E-state index in [2.05, 4.69) is 17.2 Å². The van der Waals surface area contributed by atoms with Crippen molar-refractivity contribution in [3.05, 3.63) is 42.5 Å². The molecule has 0 bridgehead atoms. The van der Waals surface area contributed by atoms with Gasteiger partial charge in [-0.05, 0) is 6.07 Å². The van der Waals surface area contributed by atoms with E-state index in [0.29, 0.717) is 13.2 Å². The fourth-order valence-electron chi connectivity index (χ4n) is 1.87. The molecule has 1 aliphatic heterocycles. The van der Waals surface area contributed by atoms with Gasteiger partial charge in [-0.2, -0.15) is 0 Å². The monoisotopic (exact) mass is 232 g/mol. The number of nitrogens with one attached hydrogen (secondary N) is 2. The highest BCUT2D eigenvalue weighted by Gasteiger charge is 2.22. The third-order valence-corrected chi connectivity index (χ3v) is 2.67. The first kappa shape index (κ1) is 11.5. The normalized spacial score (nSPS) is 17.5. The summed E-state index contributed by atoms with van der Waals surface area (Å²) in [4.78, 5) is 11.6. The number of hydrogen-bond acceptors (Lipinski definition) is 2. The van der Waals surface area contributed by atoms with Crippen molar-refractivity contribution in [3.8, 4) is 5.75 Å². The molecule has 1 aromatic rings. The maximum atomic E-state index is 11.6. The van der Waals surface area contributed by atoms with Gasteiger partial charge in [0.25, 0.3) is 0 Å². The van der Waals surface area contributed by atoms with E-state index in [1.54, 1.807) is 6.08 Å². The lowest BCUT2D eigenvalue weighted by Gasteiger charge is -2.26. The predicted octanol–water partition coefficient (Wildman–Crippen LogP) is 2.00. The summed E-state index contributed by atoms with van der Waals surface area (Å²) in [6.07, 6.45) is 2.44. The summed E-state index contributed by atoms with van der Waals surface area (Å²) in [5, 5.41) is 5.63. The molecule has 4 heteroatoms. The van der Waals surface area contributed by atoms with Crippen LogP contribution in [-0.4, -0.2) is 19.2 Å². The number of para-hydroxylation sites is 1. The zero-order valence-electron chi connectivity index (χ0n) is 9.61. The van der Waals surface area contributed by atoms with E-state index in [9.17, 15) is 4.79 Å². The molecule has 4 nitrogen and oxygen atoms in total. The van der Waals surface area contributed by atoms with Crippen molar-refractivity contribution in [1.82, 2.24) is 10.6 Å². The highest BCUT2D eigenvalue weighted by molar-refractivity contribution is 5.74. The Morgan fingerprint density at radius 1 is 1.53 bits per heavy atom. The van der Waals surface area contributed by atoms with Crippen molar-refractivity contribution < 1.29 is 9.53 Å². The summed E-state index contributed by atoms with van der Waals surface area (Å²) in [6, 6.07) is 7.62. The van der Waals surface area contributed by atoms with E-state index in [-0.39, 0.29) is 12.1 Å². The number of rotatable bonds is 3. The van der Waals surface area contributed by atoms with Gasteiger partial charge in [0, 0.05) is 18.5 Å². The molecule has 1 aromatic carbocycles. The van der Waals surface area contributed by atoms with E-state index < -0.39 is 0 Å². The Balaban J connectivity index is 2.03. The number of amides is 2. The first-order valence-corrected chi connectivity index (χ1v) is 5.68. The van der Waals surface area contributed by atoms with Crippen LogP contribution in [0.3, 0.4) is 0 Å². The van der Waals surface area contributed by atoms with E-state index in [0.717, 1.165) is 17.7 Å². The Labute approximate surface area is 101 Å². The van der Waals surface area contributed by atoms with Crippen LogP contribution in [0.4, 0.5) is 4.79 Å². The van der Waals surface area contributed by atoms with E-state index in [1.807, 2.05) is 24.3 Å². The maximum Gasteiger partial charge on any atom is 0.315 e. The summed E-state index contributed by atoms with van der Waals surface area (Å²) in [5.41, 5.74) is 1.03.